The number of aliphatic hydroxyl groups excluding tert-OH is 1. The van der Waals surface area contributed by atoms with Crippen molar-refractivity contribution < 1.29 is 36.2 Å². The molecular weight excluding hydrogens is 469 g/mol. The van der Waals surface area contributed by atoms with Crippen molar-refractivity contribution in [1.29, 1.82) is 0 Å². The highest BCUT2D eigenvalue weighted by Gasteiger charge is 2.39. The third-order valence-electron chi connectivity index (χ3n) is 5.43. The van der Waals surface area contributed by atoms with Crippen molar-refractivity contribution in [2.24, 2.45) is 7.05 Å². The first kappa shape index (κ1) is 23.7. The van der Waals surface area contributed by atoms with Gasteiger partial charge in [0.25, 0.3) is 0 Å². The predicted molar refractivity (Wildman–Crippen MR) is 107 cm³/mol. The second-order valence-corrected chi connectivity index (χ2v) is 9.78. The van der Waals surface area contributed by atoms with Crippen LogP contribution in [-0.4, -0.2) is 82.1 Å². The van der Waals surface area contributed by atoms with E-state index in [2.05, 4.69) is 20.4 Å². The van der Waals surface area contributed by atoms with Crippen molar-refractivity contribution >= 4 is 16.0 Å². The summed E-state index contributed by atoms with van der Waals surface area (Å²) < 4.78 is 78.6. The summed E-state index contributed by atoms with van der Waals surface area (Å²) >= 11 is 0. The lowest BCUT2D eigenvalue weighted by atomic mass is 10.1. The van der Waals surface area contributed by atoms with E-state index in [4.69, 9.17) is 9.47 Å². The van der Waals surface area contributed by atoms with Gasteiger partial charge in [0.15, 0.2) is 6.10 Å². The van der Waals surface area contributed by atoms with Crippen LogP contribution in [0.2, 0.25) is 0 Å². The van der Waals surface area contributed by atoms with Crippen molar-refractivity contribution in [1.82, 2.24) is 24.1 Å². The maximum Gasteiger partial charge on any atom is 0.423 e. The molecule has 182 valence electrons. The van der Waals surface area contributed by atoms with Gasteiger partial charge < -0.3 is 19.9 Å². The first-order chi connectivity index (χ1) is 15.5. The average Bonchev–Trinajstić information content (AvgIpc) is 3.36. The number of aryl methyl sites for hydroxylation is 1. The smallest absolute Gasteiger partial charge is 0.423 e. The van der Waals surface area contributed by atoms with E-state index in [1.807, 2.05) is 0 Å². The lowest BCUT2D eigenvalue weighted by molar-refractivity contribution is -0.140. The monoisotopic (exact) mass is 492 g/mol. The van der Waals surface area contributed by atoms with Gasteiger partial charge in [0.2, 0.25) is 21.9 Å². The molecule has 2 aliphatic heterocycles. The molecule has 0 saturated carbocycles. The van der Waals surface area contributed by atoms with Crippen LogP contribution in [0.25, 0.3) is 0 Å². The zero-order valence-corrected chi connectivity index (χ0v) is 18.4. The lowest BCUT2D eigenvalue weighted by Gasteiger charge is -2.31. The van der Waals surface area contributed by atoms with Crippen LogP contribution in [0, 0.1) is 0 Å². The Kier molecular flexibility index (Phi) is 6.48. The van der Waals surface area contributed by atoms with Gasteiger partial charge in [-0.25, -0.2) is 13.4 Å². The van der Waals surface area contributed by atoms with Crippen molar-refractivity contribution in [2.45, 2.75) is 42.2 Å². The summed E-state index contributed by atoms with van der Waals surface area (Å²) in [5.74, 6) is -0.786. The Balaban J connectivity index is 1.43. The first-order valence-electron chi connectivity index (χ1n) is 10.2. The van der Waals surface area contributed by atoms with Gasteiger partial charge in [0.05, 0.1) is 19.4 Å². The number of nitrogens with zero attached hydrogens (tertiary/aromatic N) is 5. The summed E-state index contributed by atoms with van der Waals surface area (Å²) in [6.07, 6.45) is -2.67. The normalized spacial score (nSPS) is 23.1. The number of sulfonamides is 1. The molecule has 2 fully saturated rings. The molecule has 0 aromatic carbocycles. The standard InChI is InChI=1S/C18H23F3N6O5S/c1-26-8-12(6-23-26)33(29,30)27-4-2-11(3-5-27)24-17-22-7-13(18(19,20)21)16(25-17)32-15-10-31-9-14(15)28/h6-8,11,14-15,28H,2-5,9-10H2,1H3,(H,22,24,25)/t14-,15+/m0/s1. The van der Waals surface area contributed by atoms with Crippen LogP contribution < -0.4 is 10.1 Å². The molecule has 15 heteroatoms. The molecule has 0 aliphatic carbocycles. The number of rotatable bonds is 6. The molecule has 0 bridgehead atoms. The minimum absolute atomic E-state index is 0.0390. The molecule has 2 aliphatic rings. The van der Waals surface area contributed by atoms with E-state index in [1.54, 1.807) is 7.05 Å². The van der Waals surface area contributed by atoms with Crippen molar-refractivity contribution in [3.8, 4) is 5.88 Å². The summed E-state index contributed by atoms with van der Waals surface area (Å²) in [6.45, 7) is 0.326. The Morgan fingerprint density at radius 3 is 2.55 bits per heavy atom. The zero-order chi connectivity index (χ0) is 23.8. The largest absolute Gasteiger partial charge is 0.468 e. The minimum Gasteiger partial charge on any atom is -0.468 e. The molecule has 0 unspecified atom stereocenters. The number of aromatic nitrogens is 4. The fraction of sp³-hybridized carbons (Fsp3) is 0.611. The second kappa shape index (κ2) is 9.04. The molecule has 4 rings (SSSR count). The number of nitrogens with one attached hydrogen (secondary N) is 1. The summed E-state index contributed by atoms with van der Waals surface area (Å²) in [4.78, 5) is 7.73. The van der Waals surface area contributed by atoms with E-state index in [9.17, 15) is 26.7 Å². The number of hydrogen-bond acceptors (Lipinski definition) is 9. The van der Waals surface area contributed by atoms with E-state index in [0.29, 0.717) is 19.0 Å². The van der Waals surface area contributed by atoms with Gasteiger partial charge in [-0.3, -0.25) is 4.68 Å². The van der Waals surface area contributed by atoms with Gasteiger partial charge in [0.1, 0.15) is 16.6 Å². The Morgan fingerprint density at radius 2 is 1.97 bits per heavy atom. The van der Waals surface area contributed by atoms with Crippen LogP contribution in [0.5, 0.6) is 5.88 Å². The van der Waals surface area contributed by atoms with Gasteiger partial charge in [-0.15, -0.1) is 0 Å². The molecule has 0 radical (unpaired) electrons. The number of hydrogen-bond donors (Lipinski definition) is 2. The molecule has 33 heavy (non-hydrogen) atoms. The Morgan fingerprint density at radius 1 is 1.24 bits per heavy atom. The topological polar surface area (TPSA) is 132 Å². The minimum atomic E-state index is -4.75. The van der Waals surface area contributed by atoms with Gasteiger partial charge in [-0.05, 0) is 12.8 Å². The maximum absolute atomic E-state index is 13.4. The first-order valence-corrected chi connectivity index (χ1v) is 11.6. The predicted octanol–water partition coefficient (Wildman–Crippen LogP) is 0.633. The number of alkyl halides is 3. The molecule has 2 aromatic rings. The Bertz CT molecular complexity index is 1090. The molecule has 2 aromatic heterocycles. The van der Waals surface area contributed by atoms with E-state index in [0.717, 1.165) is 0 Å². The third-order valence-corrected chi connectivity index (χ3v) is 7.28. The zero-order valence-electron chi connectivity index (χ0n) is 17.6. The van der Waals surface area contributed by atoms with Crippen LogP contribution in [-0.2, 0) is 28.0 Å². The van der Waals surface area contributed by atoms with Crippen LogP contribution in [0.15, 0.2) is 23.5 Å². The highest BCUT2D eigenvalue weighted by Crippen LogP contribution is 2.36. The van der Waals surface area contributed by atoms with Crippen LogP contribution in [0.3, 0.4) is 0 Å². The van der Waals surface area contributed by atoms with Gasteiger partial charge in [-0.2, -0.15) is 27.6 Å². The number of halogens is 3. The maximum atomic E-state index is 13.4. The molecule has 2 atom stereocenters. The second-order valence-electron chi connectivity index (χ2n) is 7.84. The molecular formula is C18H23F3N6O5S. The highest BCUT2D eigenvalue weighted by molar-refractivity contribution is 7.89. The highest BCUT2D eigenvalue weighted by atomic mass is 32.2. The van der Waals surface area contributed by atoms with Crippen LogP contribution in [0.1, 0.15) is 18.4 Å². The molecule has 2 N–H and O–H groups in total. The summed E-state index contributed by atoms with van der Waals surface area (Å²) in [5.41, 5.74) is -1.16. The van der Waals surface area contributed by atoms with Crippen molar-refractivity contribution in [3.63, 3.8) is 0 Å². The third kappa shape index (κ3) is 5.20. The van der Waals surface area contributed by atoms with E-state index < -0.39 is 39.9 Å². The number of anilines is 1. The fourth-order valence-electron chi connectivity index (χ4n) is 3.60. The van der Waals surface area contributed by atoms with E-state index in [1.165, 1.54) is 21.4 Å². The summed E-state index contributed by atoms with van der Waals surface area (Å²) in [5, 5.41) is 16.6. The molecule has 0 amide bonds. The van der Waals surface area contributed by atoms with E-state index in [-0.39, 0.29) is 43.2 Å². The molecule has 2 saturated heterocycles. The SMILES string of the molecule is Cn1cc(S(=O)(=O)N2CCC(Nc3ncc(C(F)(F)F)c(O[C@@H]4COC[C@@H]4O)n3)CC2)cn1. The molecule has 11 nitrogen and oxygen atoms in total. The number of piperidine rings is 1. The van der Waals surface area contributed by atoms with Gasteiger partial charge in [0, 0.05) is 38.6 Å². The lowest BCUT2D eigenvalue weighted by Crippen LogP contribution is -2.42. The summed E-state index contributed by atoms with van der Waals surface area (Å²) in [7, 11) is -2.05. The summed E-state index contributed by atoms with van der Waals surface area (Å²) in [6, 6.07) is -0.254. The van der Waals surface area contributed by atoms with Gasteiger partial charge in [-0.1, -0.05) is 0 Å². The van der Waals surface area contributed by atoms with Crippen LogP contribution >= 0.6 is 0 Å². The van der Waals surface area contributed by atoms with Gasteiger partial charge >= 0.3 is 6.18 Å². The van der Waals surface area contributed by atoms with E-state index >= 15 is 0 Å². The Labute approximate surface area is 187 Å². The van der Waals surface area contributed by atoms with Crippen LogP contribution in [0.4, 0.5) is 19.1 Å². The molecule has 4 heterocycles. The van der Waals surface area contributed by atoms with Crippen molar-refractivity contribution in [2.75, 3.05) is 31.6 Å². The number of ether oxygens (including phenoxy) is 2. The van der Waals surface area contributed by atoms with Crippen molar-refractivity contribution in [3.05, 3.63) is 24.2 Å². The fourth-order valence-corrected chi connectivity index (χ4v) is 5.06. The average molecular weight is 492 g/mol. The Hall–Kier alpha value is -2.49. The number of aliphatic hydroxyl groups is 1. The molecule has 0 spiro atoms. The quantitative estimate of drug-likeness (QED) is 0.596.